The van der Waals surface area contributed by atoms with Gasteiger partial charge in [-0.3, -0.25) is 0 Å². The van der Waals surface area contributed by atoms with Gasteiger partial charge in [-0.15, -0.1) is 0 Å². The van der Waals surface area contributed by atoms with E-state index in [1.54, 1.807) is 12.1 Å². The van der Waals surface area contributed by atoms with Crippen molar-refractivity contribution in [1.82, 2.24) is 0 Å². The van der Waals surface area contributed by atoms with E-state index in [4.69, 9.17) is 13.0 Å². The largest absolute Gasteiger partial charge is 0.508 e. The molecule has 0 spiro atoms. The van der Waals surface area contributed by atoms with Crippen molar-refractivity contribution in [3.05, 3.63) is 23.3 Å². The summed E-state index contributed by atoms with van der Waals surface area (Å²) < 4.78 is 0. The van der Waals surface area contributed by atoms with Crippen LogP contribution < -0.4 is 5.46 Å². The van der Waals surface area contributed by atoms with Crippen molar-refractivity contribution in [1.29, 1.82) is 0 Å². The summed E-state index contributed by atoms with van der Waals surface area (Å²) in [7, 11) is 5.71. The normalized spacial score (nSPS) is 11.7. The van der Waals surface area contributed by atoms with E-state index in [0.29, 0.717) is 11.0 Å². The average Bonchev–Trinajstić information content (AvgIpc) is 2.01. The lowest BCUT2D eigenvalue weighted by atomic mass is 9.80. The fraction of sp³-hybridized carbons (Fsp3) is 0.455. The smallest absolute Gasteiger partial charge is 0.120 e. The highest BCUT2D eigenvalue weighted by Gasteiger charge is 2.16. The maximum absolute atomic E-state index is 9.60. The standard InChI is InChI=1S/C11H15BO2/c1-11(2,3)7-4-9(12)8(6-13)10(14)5-7/h4-5,13-14H,6H2,1-3H3. The molecule has 0 amide bonds. The number of aromatic hydroxyl groups is 1. The molecule has 1 rings (SSSR count). The Balaban J connectivity index is 3.28. The second kappa shape index (κ2) is 3.66. The Labute approximate surface area is 86.0 Å². The van der Waals surface area contributed by atoms with E-state index in [-0.39, 0.29) is 17.8 Å². The average molecular weight is 190 g/mol. The molecule has 2 N–H and O–H groups in total. The number of aliphatic hydroxyl groups is 1. The Kier molecular flexibility index (Phi) is 2.91. The Morgan fingerprint density at radius 1 is 1.29 bits per heavy atom. The molecule has 0 unspecified atom stereocenters. The molecule has 1 aromatic rings. The van der Waals surface area contributed by atoms with Crippen molar-refractivity contribution in [3.63, 3.8) is 0 Å². The first kappa shape index (κ1) is 11.1. The molecule has 0 fully saturated rings. The monoisotopic (exact) mass is 190 g/mol. The summed E-state index contributed by atoms with van der Waals surface area (Å²) in [6, 6.07) is 3.45. The van der Waals surface area contributed by atoms with Gasteiger partial charge in [-0.2, -0.15) is 0 Å². The van der Waals surface area contributed by atoms with Crippen molar-refractivity contribution >= 4 is 13.3 Å². The Morgan fingerprint density at radius 2 is 1.86 bits per heavy atom. The van der Waals surface area contributed by atoms with Crippen LogP contribution in [0.25, 0.3) is 0 Å². The van der Waals surface area contributed by atoms with Crippen molar-refractivity contribution in [2.75, 3.05) is 0 Å². The van der Waals surface area contributed by atoms with Gasteiger partial charge in [0.2, 0.25) is 0 Å². The highest BCUT2D eigenvalue weighted by atomic mass is 16.3. The van der Waals surface area contributed by atoms with Gasteiger partial charge in [0, 0.05) is 5.56 Å². The third-order valence-corrected chi connectivity index (χ3v) is 2.29. The Bertz CT molecular complexity index is 317. The minimum absolute atomic E-state index is 0.0560. The molecule has 3 heteroatoms. The van der Waals surface area contributed by atoms with Gasteiger partial charge in [-0.25, -0.2) is 0 Å². The van der Waals surface area contributed by atoms with E-state index < -0.39 is 0 Å². The summed E-state index contributed by atoms with van der Waals surface area (Å²) in [6.45, 7) is 5.89. The van der Waals surface area contributed by atoms with E-state index in [1.165, 1.54) is 0 Å². The SMILES string of the molecule is [B]c1cc(C(C)(C)C)cc(O)c1CO. The molecule has 0 aliphatic carbocycles. The van der Waals surface area contributed by atoms with Crippen LogP contribution in [0.15, 0.2) is 12.1 Å². The van der Waals surface area contributed by atoms with E-state index in [0.717, 1.165) is 5.56 Å². The summed E-state index contributed by atoms with van der Waals surface area (Å²) in [6.07, 6.45) is 0. The van der Waals surface area contributed by atoms with Gasteiger partial charge < -0.3 is 10.2 Å². The number of rotatable bonds is 1. The van der Waals surface area contributed by atoms with Crippen LogP contribution in [0, 0.1) is 0 Å². The zero-order valence-corrected chi connectivity index (χ0v) is 8.83. The number of hydrogen-bond acceptors (Lipinski definition) is 2. The zero-order valence-electron chi connectivity index (χ0n) is 8.83. The summed E-state index contributed by atoms with van der Waals surface area (Å²) in [4.78, 5) is 0. The number of hydrogen-bond donors (Lipinski definition) is 2. The molecule has 0 atom stereocenters. The second-order valence-corrected chi connectivity index (χ2v) is 4.47. The summed E-state index contributed by atoms with van der Waals surface area (Å²) in [5.74, 6) is 0.0671. The predicted molar refractivity (Wildman–Crippen MR) is 58.1 cm³/mol. The van der Waals surface area contributed by atoms with Gasteiger partial charge in [-0.05, 0) is 17.0 Å². The van der Waals surface area contributed by atoms with E-state index in [2.05, 4.69) is 0 Å². The fourth-order valence-electron chi connectivity index (χ4n) is 1.28. The van der Waals surface area contributed by atoms with Gasteiger partial charge in [0.05, 0.1) is 6.61 Å². The van der Waals surface area contributed by atoms with Crippen LogP contribution >= 0.6 is 0 Å². The number of benzene rings is 1. The Hall–Kier alpha value is -0.955. The molecule has 0 heterocycles. The molecule has 0 bridgehead atoms. The predicted octanol–water partition coefficient (Wildman–Crippen LogP) is 0.976. The molecule has 0 aromatic heterocycles. The minimum atomic E-state index is -0.234. The number of phenols is 1. The molecule has 0 aliphatic heterocycles. The van der Waals surface area contributed by atoms with Crippen molar-refractivity contribution in [3.8, 4) is 5.75 Å². The van der Waals surface area contributed by atoms with Crippen molar-refractivity contribution in [2.24, 2.45) is 0 Å². The topological polar surface area (TPSA) is 40.5 Å². The maximum Gasteiger partial charge on any atom is 0.120 e. The summed E-state index contributed by atoms with van der Waals surface area (Å²) in [5, 5.41) is 18.5. The molecule has 1 aromatic carbocycles. The van der Waals surface area contributed by atoms with Gasteiger partial charge in [-0.1, -0.05) is 32.3 Å². The summed E-state index contributed by atoms with van der Waals surface area (Å²) in [5.41, 5.74) is 1.75. The van der Waals surface area contributed by atoms with Crippen LogP contribution in [-0.2, 0) is 12.0 Å². The molecular weight excluding hydrogens is 175 g/mol. The third-order valence-electron chi connectivity index (χ3n) is 2.29. The van der Waals surface area contributed by atoms with Crippen LogP contribution in [0.1, 0.15) is 31.9 Å². The second-order valence-electron chi connectivity index (χ2n) is 4.47. The molecule has 0 aliphatic rings. The molecule has 0 saturated heterocycles. The fourth-order valence-corrected chi connectivity index (χ4v) is 1.28. The van der Waals surface area contributed by atoms with Gasteiger partial charge >= 0.3 is 0 Å². The first-order valence-electron chi connectivity index (χ1n) is 4.59. The first-order valence-corrected chi connectivity index (χ1v) is 4.59. The maximum atomic E-state index is 9.60. The molecule has 2 nitrogen and oxygen atoms in total. The van der Waals surface area contributed by atoms with Crippen LogP contribution in [0.3, 0.4) is 0 Å². The molecule has 14 heavy (non-hydrogen) atoms. The highest BCUT2D eigenvalue weighted by Crippen LogP contribution is 2.26. The molecule has 74 valence electrons. The third kappa shape index (κ3) is 2.10. The van der Waals surface area contributed by atoms with Crippen molar-refractivity contribution < 1.29 is 10.2 Å². The van der Waals surface area contributed by atoms with E-state index in [9.17, 15) is 5.11 Å². The first-order chi connectivity index (χ1) is 6.36. The quantitative estimate of drug-likeness (QED) is 0.648. The highest BCUT2D eigenvalue weighted by molar-refractivity contribution is 6.33. The summed E-state index contributed by atoms with van der Waals surface area (Å²) >= 11 is 0. The van der Waals surface area contributed by atoms with Crippen LogP contribution in [-0.4, -0.2) is 18.1 Å². The lowest BCUT2D eigenvalue weighted by molar-refractivity contribution is 0.276. The lowest BCUT2D eigenvalue weighted by Crippen LogP contribution is -2.18. The van der Waals surface area contributed by atoms with Crippen LogP contribution in [0.2, 0.25) is 0 Å². The van der Waals surface area contributed by atoms with Gasteiger partial charge in [0.1, 0.15) is 13.6 Å². The van der Waals surface area contributed by atoms with Crippen molar-refractivity contribution in [2.45, 2.75) is 32.8 Å². The van der Waals surface area contributed by atoms with E-state index >= 15 is 0 Å². The van der Waals surface area contributed by atoms with Gasteiger partial charge in [0.15, 0.2) is 0 Å². The molecular formula is C11H15BO2. The van der Waals surface area contributed by atoms with Crippen LogP contribution in [0.5, 0.6) is 5.75 Å². The zero-order chi connectivity index (χ0) is 10.9. The molecule has 0 saturated carbocycles. The molecule has 2 radical (unpaired) electrons. The van der Waals surface area contributed by atoms with Gasteiger partial charge in [0.25, 0.3) is 0 Å². The lowest BCUT2D eigenvalue weighted by Gasteiger charge is -2.21. The van der Waals surface area contributed by atoms with Crippen LogP contribution in [0.4, 0.5) is 0 Å². The Morgan fingerprint density at radius 3 is 2.21 bits per heavy atom. The minimum Gasteiger partial charge on any atom is -0.508 e. The van der Waals surface area contributed by atoms with E-state index in [1.807, 2.05) is 20.8 Å². The number of aliphatic hydroxyl groups excluding tert-OH is 1.